The lowest BCUT2D eigenvalue weighted by Crippen LogP contribution is -2.13. The van der Waals surface area contributed by atoms with E-state index in [0.29, 0.717) is 34.0 Å². The molecule has 6 nitrogen and oxygen atoms in total. The minimum Gasteiger partial charge on any atom is -0.496 e. The zero-order chi connectivity index (χ0) is 19.7. The third-order valence-corrected chi connectivity index (χ3v) is 4.70. The third kappa shape index (κ3) is 3.48. The first-order chi connectivity index (χ1) is 13.5. The van der Waals surface area contributed by atoms with Crippen molar-refractivity contribution in [2.24, 2.45) is 0 Å². The van der Waals surface area contributed by atoms with Crippen LogP contribution in [0, 0.1) is 6.92 Å². The Bertz CT molecular complexity index is 1170. The molecule has 28 heavy (non-hydrogen) atoms. The van der Waals surface area contributed by atoms with Gasteiger partial charge in [0.15, 0.2) is 5.58 Å². The van der Waals surface area contributed by atoms with Crippen molar-refractivity contribution in [2.45, 2.75) is 6.92 Å². The lowest BCUT2D eigenvalue weighted by molar-refractivity contribution is 0.102. The number of pyridine rings is 1. The van der Waals surface area contributed by atoms with Crippen molar-refractivity contribution < 1.29 is 13.9 Å². The summed E-state index contributed by atoms with van der Waals surface area (Å²) in [5.74, 6) is 0.759. The zero-order valence-corrected chi connectivity index (χ0v) is 16.8. The van der Waals surface area contributed by atoms with Crippen LogP contribution in [0.2, 0.25) is 0 Å². The van der Waals surface area contributed by atoms with Gasteiger partial charge in [0.25, 0.3) is 5.91 Å². The molecular weight excluding hydrogens is 422 g/mol. The van der Waals surface area contributed by atoms with Gasteiger partial charge in [0.1, 0.15) is 11.3 Å². The van der Waals surface area contributed by atoms with Gasteiger partial charge in [-0.2, -0.15) is 0 Å². The number of methoxy groups -OCH3 is 1. The molecule has 7 heteroatoms. The number of oxazole rings is 1. The summed E-state index contributed by atoms with van der Waals surface area (Å²) < 4.78 is 12.0. The van der Waals surface area contributed by atoms with Crippen molar-refractivity contribution in [1.82, 2.24) is 9.97 Å². The monoisotopic (exact) mass is 437 g/mol. The van der Waals surface area contributed by atoms with E-state index in [4.69, 9.17) is 9.15 Å². The maximum atomic E-state index is 12.8. The highest BCUT2D eigenvalue weighted by molar-refractivity contribution is 9.10. The highest BCUT2D eigenvalue weighted by Crippen LogP contribution is 2.30. The quantitative estimate of drug-likeness (QED) is 0.473. The number of nitrogens with zero attached hydrogens (tertiary/aromatic N) is 2. The van der Waals surface area contributed by atoms with Crippen LogP contribution in [0.5, 0.6) is 5.75 Å². The number of ether oxygens (including phenoxy) is 1. The lowest BCUT2D eigenvalue weighted by Gasteiger charge is -2.12. The molecule has 0 aliphatic heterocycles. The summed E-state index contributed by atoms with van der Waals surface area (Å²) in [6.45, 7) is 1.89. The molecular formula is C21H16BrN3O3. The van der Waals surface area contributed by atoms with Crippen molar-refractivity contribution in [1.29, 1.82) is 0 Å². The first kappa shape index (κ1) is 18.2. The number of aryl methyl sites for hydroxylation is 1. The number of anilines is 1. The van der Waals surface area contributed by atoms with Crippen molar-refractivity contribution in [2.75, 3.05) is 12.4 Å². The van der Waals surface area contributed by atoms with Crippen LogP contribution in [0.1, 0.15) is 15.9 Å². The number of carbonyl (C=O) groups is 1. The second-order valence-electron chi connectivity index (χ2n) is 6.20. The van der Waals surface area contributed by atoms with Gasteiger partial charge in [0.05, 0.1) is 18.2 Å². The van der Waals surface area contributed by atoms with E-state index in [2.05, 4.69) is 31.2 Å². The number of aromatic nitrogens is 2. The lowest BCUT2D eigenvalue weighted by atomic mass is 10.1. The van der Waals surface area contributed by atoms with Crippen LogP contribution in [0.15, 0.2) is 63.7 Å². The van der Waals surface area contributed by atoms with Gasteiger partial charge in [-0.05, 0) is 55.0 Å². The van der Waals surface area contributed by atoms with E-state index in [1.54, 1.807) is 43.8 Å². The first-order valence-corrected chi connectivity index (χ1v) is 9.31. The Hall–Kier alpha value is -3.19. The molecule has 2 aromatic carbocycles. The highest BCUT2D eigenvalue weighted by atomic mass is 79.9. The molecule has 1 amide bonds. The largest absolute Gasteiger partial charge is 0.496 e. The van der Waals surface area contributed by atoms with Crippen LogP contribution in [0.4, 0.5) is 5.69 Å². The Morgan fingerprint density at radius 2 is 2.07 bits per heavy atom. The van der Waals surface area contributed by atoms with Crippen LogP contribution >= 0.6 is 15.9 Å². The maximum Gasteiger partial charge on any atom is 0.259 e. The molecule has 4 aromatic rings. The van der Waals surface area contributed by atoms with Crippen LogP contribution in [0.3, 0.4) is 0 Å². The third-order valence-electron chi connectivity index (χ3n) is 4.24. The first-order valence-electron chi connectivity index (χ1n) is 8.51. The predicted molar refractivity (Wildman–Crippen MR) is 111 cm³/mol. The second kappa shape index (κ2) is 7.44. The zero-order valence-electron chi connectivity index (χ0n) is 15.2. The molecule has 0 saturated carbocycles. The molecule has 0 radical (unpaired) electrons. The van der Waals surface area contributed by atoms with E-state index >= 15 is 0 Å². The highest BCUT2D eigenvalue weighted by Gasteiger charge is 2.17. The summed E-state index contributed by atoms with van der Waals surface area (Å²) >= 11 is 3.42. The molecule has 140 valence electrons. The summed E-state index contributed by atoms with van der Waals surface area (Å²) in [7, 11) is 1.55. The molecule has 2 heterocycles. The van der Waals surface area contributed by atoms with Crippen LogP contribution < -0.4 is 10.1 Å². The molecule has 1 N–H and O–H groups in total. The number of carbonyl (C=O) groups excluding carboxylic acids is 1. The SMILES string of the molecule is COc1c(C)cc(Br)cc1C(=O)Nc1ccc2oc(-c3cccnc3)nc2c1. The van der Waals surface area contributed by atoms with E-state index in [-0.39, 0.29) is 5.91 Å². The van der Waals surface area contributed by atoms with Gasteiger partial charge in [-0.1, -0.05) is 15.9 Å². The van der Waals surface area contributed by atoms with Gasteiger partial charge in [0.2, 0.25) is 5.89 Å². The number of benzene rings is 2. The molecule has 0 aliphatic carbocycles. The normalized spacial score (nSPS) is 10.8. The van der Waals surface area contributed by atoms with Gasteiger partial charge in [-0.25, -0.2) is 4.98 Å². The van der Waals surface area contributed by atoms with E-state index in [9.17, 15) is 4.79 Å². The molecule has 0 bridgehead atoms. The molecule has 0 aliphatic rings. The van der Waals surface area contributed by atoms with Gasteiger partial charge >= 0.3 is 0 Å². The Labute approximate surface area is 169 Å². The number of hydrogen-bond donors (Lipinski definition) is 1. The summed E-state index contributed by atoms with van der Waals surface area (Å²) in [5.41, 5.74) is 4.00. The fourth-order valence-electron chi connectivity index (χ4n) is 2.99. The van der Waals surface area contributed by atoms with Crippen molar-refractivity contribution >= 4 is 38.6 Å². The van der Waals surface area contributed by atoms with Gasteiger partial charge in [-0.3, -0.25) is 9.78 Å². The van der Waals surface area contributed by atoms with E-state index in [0.717, 1.165) is 15.6 Å². The molecule has 0 atom stereocenters. The summed E-state index contributed by atoms with van der Waals surface area (Å²) in [6, 6.07) is 12.7. The molecule has 0 spiro atoms. The van der Waals surface area contributed by atoms with Crippen LogP contribution in [0.25, 0.3) is 22.6 Å². The number of fused-ring (bicyclic) bond motifs is 1. The van der Waals surface area contributed by atoms with E-state index < -0.39 is 0 Å². The fraction of sp³-hybridized carbons (Fsp3) is 0.0952. The number of halogens is 1. The van der Waals surface area contributed by atoms with Crippen molar-refractivity contribution in [3.05, 3.63) is 70.5 Å². The Morgan fingerprint density at radius 3 is 2.82 bits per heavy atom. The van der Waals surface area contributed by atoms with Gasteiger partial charge in [-0.15, -0.1) is 0 Å². The fourth-order valence-corrected chi connectivity index (χ4v) is 3.56. The topological polar surface area (TPSA) is 77.2 Å². The number of hydrogen-bond acceptors (Lipinski definition) is 5. The number of amides is 1. The Morgan fingerprint density at radius 1 is 1.21 bits per heavy atom. The smallest absolute Gasteiger partial charge is 0.259 e. The molecule has 0 fully saturated rings. The summed E-state index contributed by atoms with van der Waals surface area (Å²) in [5, 5.41) is 2.89. The number of rotatable bonds is 4. The Kier molecular flexibility index (Phi) is 4.83. The molecule has 0 unspecified atom stereocenters. The summed E-state index contributed by atoms with van der Waals surface area (Å²) in [6.07, 6.45) is 3.38. The van der Waals surface area contributed by atoms with E-state index in [1.807, 2.05) is 25.1 Å². The van der Waals surface area contributed by atoms with Gasteiger partial charge < -0.3 is 14.5 Å². The Balaban J connectivity index is 1.64. The average molecular weight is 438 g/mol. The maximum absolute atomic E-state index is 12.8. The van der Waals surface area contributed by atoms with Crippen molar-refractivity contribution in [3.63, 3.8) is 0 Å². The average Bonchev–Trinajstić information content (AvgIpc) is 3.11. The molecule has 0 saturated heterocycles. The molecule has 4 rings (SSSR count). The van der Waals surface area contributed by atoms with Crippen LogP contribution in [-0.4, -0.2) is 23.0 Å². The standard InChI is InChI=1S/C21H16BrN3O3/c1-12-8-14(22)9-16(19(12)27-2)20(26)24-15-5-6-18-17(10-15)25-21(28-18)13-4-3-7-23-11-13/h3-11H,1-2H3,(H,24,26). The van der Waals surface area contributed by atoms with Crippen LogP contribution in [-0.2, 0) is 0 Å². The van der Waals surface area contributed by atoms with E-state index in [1.165, 1.54) is 0 Å². The molecule has 2 aromatic heterocycles. The minimum atomic E-state index is -0.267. The second-order valence-corrected chi connectivity index (χ2v) is 7.12. The van der Waals surface area contributed by atoms with Gasteiger partial charge in [0, 0.05) is 22.6 Å². The van der Waals surface area contributed by atoms with Crippen molar-refractivity contribution in [3.8, 4) is 17.2 Å². The predicted octanol–water partition coefficient (Wildman–Crippen LogP) is 5.22. The minimum absolute atomic E-state index is 0.267. The summed E-state index contributed by atoms with van der Waals surface area (Å²) in [4.78, 5) is 21.4. The number of nitrogens with one attached hydrogen (secondary N) is 1.